The molecule has 1 amide bonds. The predicted molar refractivity (Wildman–Crippen MR) is 105 cm³/mol. The first-order chi connectivity index (χ1) is 12.9. The van der Waals surface area contributed by atoms with Crippen molar-refractivity contribution in [1.82, 2.24) is 4.31 Å². The lowest BCUT2D eigenvalue weighted by molar-refractivity contribution is -0.120. The molecular formula is C18H26N2O5S2. The number of hydrogen-bond donors (Lipinski definition) is 1. The van der Waals surface area contributed by atoms with Crippen molar-refractivity contribution in [2.45, 2.75) is 45.4 Å². The van der Waals surface area contributed by atoms with Gasteiger partial charge in [-0.1, -0.05) is 0 Å². The molecule has 3 rings (SSSR count). The van der Waals surface area contributed by atoms with Gasteiger partial charge in [-0.25, -0.2) is 17.5 Å². The van der Waals surface area contributed by atoms with Crippen molar-refractivity contribution >= 4 is 38.2 Å². The van der Waals surface area contributed by atoms with E-state index in [1.807, 2.05) is 0 Å². The van der Waals surface area contributed by atoms with Crippen molar-refractivity contribution in [1.29, 1.82) is 0 Å². The summed E-state index contributed by atoms with van der Waals surface area (Å²) >= 11 is 1.44. The highest BCUT2D eigenvalue weighted by molar-refractivity contribution is 7.89. The van der Waals surface area contributed by atoms with E-state index in [1.54, 1.807) is 6.92 Å². The highest BCUT2D eigenvalue weighted by atomic mass is 32.2. The molecule has 1 aliphatic carbocycles. The number of esters is 1. The van der Waals surface area contributed by atoms with E-state index in [0.717, 1.165) is 36.1 Å². The second-order valence-electron chi connectivity index (χ2n) is 6.99. The highest BCUT2D eigenvalue weighted by Gasteiger charge is 2.33. The Morgan fingerprint density at radius 2 is 2.00 bits per heavy atom. The van der Waals surface area contributed by atoms with Crippen LogP contribution in [0.2, 0.25) is 0 Å². The van der Waals surface area contributed by atoms with Crippen molar-refractivity contribution in [3.05, 3.63) is 16.0 Å². The molecule has 1 aromatic heterocycles. The van der Waals surface area contributed by atoms with E-state index in [9.17, 15) is 18.0 Å². The Hall–Kier alpha value is -1.45. The van der Waals surface area contributed by atoms with E-state index in [0.29, 0.717) is 30.0 Å². The molecule has 0 saturated carbocycles. The fourth-order valence-corrected chi connectivity index (χ4v) is 6.24. The molecule has 0 spiro atoms. The number of thiophene rings is 1. The molecule has 150 valence electrons. The van der Waals surface area contributed by atoms with E-state index in [2.05, 4.69) is 5.32 Å². The number of ether oxygens (including phenoxy) is 1. The van der Waals surface area contributed by atoms with Gasteiger partial charge in [0.2, 0.25) is 15.9 Å². The van der Waals surface area contributed by atoms with Crippen LogP contribution >= 0.6 is 11.3 Å². The summed E-state index contributed by atoms with van der Waals surface area (Å²) in [6.45, 7) is 2.26. The first kappa shape index (κ1) is 20.3. The van der Waals surface area contributed by atoms with Gasteiger partial charge < -0.3 is 10.1 Å². The monoisotopic (exact) mass is 414 g/mol. The van der Waals surface area contributed by atoms with Crippen LogP contribution in [0.15, 0.2) is 0 Å². The number of carbonyl (C=O) groups is 2. The zero-order valence-electron chi connectivity index (χ0n) is 15.7. The van der Waals surface area contributed by atoms with E-state index in [1.165, 1.54) is 22.8 Å². The third kappa shape index (κ3) is 4.20. The normalized spacial score (nSPS) is 20.7. The molecule has 1 fully saturated rings. The summed E-state index contributed by atoms with van der Waals surface area (Å²) < 4.78 is 30.6. The van der Waals surface area contributed by atoms with E-state index < -0.39 is 21.9 Å². The van der Waals surface area contributed by atoms with Crippen LogP contribution in [-0.4, -0.2) is 50.6 Å². The van der Waals surface area contributed by atoms with Gasteiger partial charge >= 0.3 is 5.97 Å². The van der Waals surface area contributed by atoms with Crippen molar-refractivity contribution in [3.63, 3.8) is 0 Å². The van der Waals surface area contributed by atoms with Crippen LogP contribution in [0.1, 0.15) is 53.4 Å². The molecule has 27 heavy (non-hydrogen) atoms. The van der Waals surface area contributed by atoms with Gasteiger partial charge in [0.05, 0.1) is 24.3 Å². The van der Waals surface area contributed by atoms with Gasteiger partial charge in [-0.15, -0.1) is 11.3 Å². The Morgan fingerprint density at radius 3 is 2.70 bits per heavy atom. The van der Waals surface area contributed by atoms with Crippen LogP contribution in [0.5, 0.6) is 0 Å². The topological polar surface area (TPSA) is 92.8 Å². The molecule has 7 nitrogen and oxygen atoms in total. The number of nitrogens with one attached hydrogen (secondary N) is 1. The number of methoxy groups -OCH3 is 1. The zero-order chi connectivity index (χ0) is 19.6. The SMILES string of the molecule is CCS(=O)(=O)N1CCC[C@@H](C(=O)Nc2sc3c(c2C(=O)OC)CCCC3)C1. The number of nitrogens with zero attached hydrogens (tertiary/aromatic N) is 1. The largest absolute Gasteiger partial charge is 0.465 e. The average molecular weight is 415 g/mol. The number of amides is 1. The lowest BCUT2D eigenvalue weighted by Crippen LogP contribution is -2.44. The van der Waals surface area contributed by atoms with Crippen LogP contribution in [0.3, 0.4) is 0 Å². The van der Waals surface area contributed by atoms with Gasteiger partial charge in [0.1, 0.15) is 5.00 Å². The predicted octanol–water partition coefficient (Wildman–Crippen LogP) is 2.41. The fourth-order valence-electron chi connectivity index (χ4n) is 3.78. The third-order valence-electron chi connectivity index (χ3n) is 5.31. The summed E-state index contributed by atoms with van der Waals surface area (Å²) in [5.41, 5.74) is 1.46. The molecule has 0 bridgehead atoms. The fraction of sp³-hybridized carbons (Fsp3) is 0.667. The Balaban J connectivity index is 1.80. The Kier molecular flexibility index (Phi) is 6.22. The maximum atomic E-state index is 12.8. The first-order valence-corrected chi connectivity index (χ1v) is 11.8. The molecular weight excluding hydrogens is 388 g/mol. The van der Waals surface area contributed by atoms with Gasteiger partial charge in [0, 0.05) is 18.0 Å². The number of sulfonamides is 1. The summed E-state index contributed by atoms with van der Waals surface area (Å²) in [6, 6.07) is 0. The van der Waals surface area contributed by atoms with E-state index >= 15 is 0 Å². The van der Waals surface area contributed by atoms with Crippen LogP contribution in [-0.2, 0) is 32.4 Å². The second kappa shape index (κ2) is 8.28. The number of carbonyl (C=O) groups excluding carboxylic acids is 2. The van der Waals surface area contributed by atoms with Crippen molar-refractivity contribution in [3.8, 4) is 0 Å². The maximum Gasteiger partial charge on any atom is 0.341 e. The number of hydrogen-bond acceptors (Lipinski definition) is 6. The molecule has 1 aliphatic heterocycles. The number of anilines is 1. The quantitative estimate of drug-likeness (QED) is 0.747. The van der Waals surface area contributed by atoms with Gasteiger partial charge in [-0.05, 0) is 51.0 Å². The minimum Gasteiger partial charge on any atom is -0.465 e. The van der Waals surface area contributed by atoms with E-state index in [-0.39, 0.29) is 18.2 Å². The van der Waals surface area contributed by atoms with Gasteiger partial charge in [-0.2, -0.15) is 0 Å². The number of aryl methyl sites for hydroxylation is 1. The molecule has 0 unspecified atom stereocenters. The molecule has 9 heteroatoms. The smallest absolute Gasteiger partial charge is 0.341 e. The maximum absolute atomic E-state index is 12.8. The number of fused-ring (bicyclic) bond motifs is 1. The zero-order valence-corrected chi connectivity index (χ0v) is 17.4. The Morgan fingerprint density at radius 1 is 1.26 bits per heavy atom. The lowest BCUT2D eigenvalue weighted by atomic mass is 9.95. The van der Waals surface area contributed by atoms with Gasteiger partial charge in [-0.3, -0.25) is 4.79 Å². The number of piperidine rings is 1. The molecule has 1 atom stereocenters. The number of rotatable bonds is 5. The van der Waals surface area contributed by atoms with Crippen LogP contribution in [0, 0.1) is 5.92 Å². The van der Waals surface area contributed by atoms with Gasteiger partial charge in [0.25, 0.3) is 0 Å². The van der Waals surface area contributed by atoms with Crippen LogP contribution in [0.25, 0.3) is 0 Å². The van der Waals surface area contributed by atoms with Crippen molar-refractivity contribution < 1.29 is 22.7 Å². The molecule has 2 heterocycles. The molecule has 2 aliphatic rings. The highest BCUT2D eigenvalue weighted by Crippen LogP contribution is 2.39. The summed E-state index contributed by atoms with van der Waals surface area (Å²) in [5, 5.41) is 3.44. The summed E-state index contributed by atoms with van der Waals surface area (Å²) in [7, 11) is -1.96. The second-order valence-corrected chi connectivity index (χ2v) is 10.4. The third-order valence-corrected chi connectivity index (χ3v) is 8.37. The molecule has 1 saturated heterocycles. The first-order valence-electron chi connectivity index (χ1n) is 9.39. The van der Waals surface area contributed by atoms with Gasteiger partial charge in [0.15, 0.2) is 0 Å². The molecule has 1 aromatic rings. The molecule has 1 N–H and O–H groups in total. The Bertz CT molecular complexity index is 831. The van der Waals surface area contributed by atoms with Crippen molar-refractivity contribution in [2.75, 3.05) is 31.3 Å². The Labute approximate surface area is 164 Å². The lowest BCUT2D eigenvalue weighted by Gasteiger charge is -2.30. The average Bonchev–Trinajstić information content (AvgIpc) is 3.05. The minimum absolute atomic E-state index is 0.0332. The minimum atomic E-state index is -3.31. The standard InChI is InChI=1S/C18H26N2O5S2/c1-3-27(23,24)20-10-6-7-12(11-20)16(21)19-17-15(18(22)25-2)13-8-4-5-9-14(13)26-17/h12H,3-11H2,1-2H3,(H,19,21)/t12-/m1/s1. The summed E-state index contributed by atoms with van der Waals surface area (Å²) in [6.07, 6.45) is 5.12. The molecule has 0 aromatic carbocycles. The van der Waals surface area contributed by atoms with Crippen molar-refractivity contribution in [2.24, 2.45) is 5.92 Å². The van der Waals surface area contributed by atoms with Crippen LogP contribution < -0.4 is 5.32 Å². The summed E-state index contributed by atoms with van der Waals surface area (Å²) in [5.74, 6) is -1.03. The summed E-state index contributed by atoms with van der Waals surface area (Å²) in [4.78, 5) is 26.3. The molecule has 0 radical (unpaired) electrons. The van der Waals surface area contributed by atoms with E-state index in [4.69, 9.17) is 4.74 Å². The van der Waals surface area contributed by atoms with Crippen LogP contribution in [0.4, 0.5) is 5.00 Å².